The molecule has 1 heterocycles. The number of sulfonamides is 1. The molecular formula is C23H41N3O4S. The zero-order chi connectivity index (χ0) is 20.7. The van der Waals surface area contributed by atoms with Crippen molar-refractivity contribution in [2.45, 2.75) is 77.2 Å². The number of methoxy groups -OCH3 is 1. The molecule has 7 nitrogen and oxygen atoms in total. The first kappa shape index (κ1) is 27.2. The Morgan fingerprint density at radius 1 is 1.03 bits per heavy atom. The fourth-order valence-corrected chi connectivity index (χ4v) is 5.68. The van der Waals surface area contributed by atoms with E-state index in [1.807, 2.05) is 0 Å². The molecule has 1 aromatic rings. The van der Waals surface area contributed by atoms with E-state index < -0.39 is 10.0 Å². The smallest absolute Gasteiger partial charge is 0.315 e. The van der Waals surface area contributed by atoms with Gasteiger partial charge in [0.2, 0.25) is 10.0 Å². The fraction of sp³-hybridized carbons (Fsp3) is 0.696. The quantitative estimate of drug-likeness (QED) is 0.666. The highest BCUT2D eigenvalue weighted by molar-refractivity contribution is 7.89. The standard InChI is InChI=1S/C21H33N3O4S.2CH4/c1-28-19-9-11-20(12-10-19)29(26,27)24-14-13-17(16-24)15-22-21(25)23-18-7-5-3-2-4-6-8-18;;/h9-12,17-18H,2-8,13-16H2,1H3,(H2,22,23,25);2*1H4. The van der Waals surface area contributed by atoms with Gasteiger partial charge in [-0.25, -0.2) is 13.2 Å². The molecule has 2 aliphatic rings. The van der Waals surface area contributed by atoms with E-state index in [1.54, 1.807) is 31.4 Å². The highest BCUT2D eigenvalue weighted by Crippen LogP contribution is 2.25. The first-order valence-corrected chi connectivity index (χ1v) is 12.1. The van der Waals surface area contributed by atoms with E-state index >= 15 is 0 Å². The van der Waals surface area contributed by atoms with Crippen molar-refractivity contribution in [3.8, 4) is 5.75 Å². The Labute approximate surface area is 189 Å². The molecule has 8 heteroatoms. The van der Waals surface area contributed by atoms with Crippen LogP contribution in [0.15, 0.2) is 29.2 Å². The molecule has 0 bridgehead atoms. The summed E-state index contributed by atoms with van der Waals surface area (Å²) in [5.74, 6) is 0.758. The predicted molar refractivity (Wildman–Crippen MR) is 126 cm³/mol. The molecule has 1 unspecified atom stereocenters. The normalized spacial score (nSPS) is 20.5. The number of hydrogen-bond acceptors (Lipinski definition) is 4. The second-order valence-electron chi connectivity index (χ2n) is 8.09. The van der Waals surface area contributed by atoms with Gasteiger partial charge in [-0.1, -0.05) is 47.0 Å². The lowest BCUT2D eigenvalue weighted by Crippen LogP contribution is -2.44. The van der Waals surface area contributed by atoms with Crippen LogP contribution in [-0.2, 0) is 10.0 Å². The van der Waals surface area contributed by atoms with Gasteiger partial charge in [0.15, 0.2) is 0 Å². The van der Waals surface area contributed by atoms with Crippen molar-refractivity contribution in [2.24, 2.45) is 5.92 Å². The number of nitrogens with zero attached hydrogens (tertiary/aromatic N) is 1. The average molecular weight is 456 g/mol. The molecular weight excluding hydrogens is 414 g/mol. The molecule has 2 N–H and O–H groups in total. The van der Waals surface area contributed by atoms with Gasteiger partial charge in [0, 0.05) is 25.7 Å². The lowest BCUT2D eigenvalue weighted by Gasteiger charge is -2.22. The van der Waals surface area contributed by atoms with Crippen molar-refractivity contribution >= 4 is 16.1 Å². The van der Waals surface area contributed by atoms with Crippen LogP contribution in [-0.4, -0.2) is 51.5 Å². The van der Waals surface area contributed by atoms with Gasteiger partial charge in [-0.3, -0.25) is 0 Å². The summed E-state index contributed by atoms with van der Waals surface area (Å²) in [6.45, 7) is 1.40. The summed E-state index contributed by atoms with van der Waals surface area (Å²) in [4.78, 5) is 12.5. The summed E-state index contributed by atoms with van der Waals surface area (Å²) in [5, 5.41) is 6.04. The number of carbonyl (C=O) groups excluding carboxylic acids is 1. The topological polar surface area (TPSA) is 87.7 Å². The molecule has 1 saturated heterocycles. The summed E-state index contributed by atoms with van der Waals surface area (Å²) in [7, 11) is -1.97. The van der Waals surface area contributed by atoms with Gasteiger partial charge in [-0.2, -0.15) is 4.31 Å². The number of hydrogen-bond donors (Lipinski definition) is 2. The third kappa shape index (κ3) is 7.68. The van der Waals surface area contributed by atoms with Crippen molar-refractivity contribution in [1.82, 2.24) is 14.9 Å². The van der Waals surface area contributed by atoms with Gasteiger partial charge in [-0.15, -0.1) is 0 Å². The molecule has 2 fully saturated rings. The zero-order valence-electron chi connectivity index (χ0n) is 17.2. The number of rotatable bonds is 6. The molecule has 1 aliphatic carbocycles. The lowest BCUT2D eigenvalue weighted by molar-refractivity contribution is 0.232. The van der Waals surface area contributed by atoms with E-state index in [-0.39, 0.29) is 37.7 Å². The molecule has 0 aromatic heterocycles. The number of nitrogens with one attached hydrogen (secondary N) is 2. The Balaban J connectivity index is 0.00000240. The van der Waals surface area contributed by atoms with Crippen LogP contribution < -0.4 is 15.4 Å². The summed E-state index contributed by atoms with van der Waals surface area (Å²) in [6, 6.07) is 6.58. The van der Waals surface area contributed by atoms with E-state index in [2.05, 4.69) is 10.6 Å². The SMILES string of the molecule is C.C.COc1ccc(S(=O)(=O)N2CCC(CNC(=O)NC3CCCCCCC3)C2)cc1. The van der Waals surface area contributed by atoms with Crippen molar-refractivity contribution in [1.29, 1.82) is 0 Å². The fourth-order valence-electron chi connectivity index (χ4n) is 4.15. The highest BCUT2D eigenvalue weighted by atomic mass is 32.2. The van der Waals surface area contributed by atoms with E-state index in [4.69, 9.17) is 4.74 Å². The number of amides is 2. The zero-order valence-corrected chi connectivity index (χ0v) is 18.0. The molecule has 178 valence electrons. The van der Waals surface area contributed by atoms with Crippen LogP contribution in [0, 0.1) is 5.92 Å². The molecule has 1 aromatic carbocycles. The van der Waals surface area contributed by atoms with Gasteiger partial charge in [0.25, 0.3) is 0 Å². The second-order valence-corrected chi connectivity index (χ2v) is 10.0. The third-order valence-corrected chi connectivity index (χ3v) is 7.82. The van der Waals surface area contributed by atoms with Gasteiger partial charge in [-0.05, 0) is 49.4 Å². The highest BCUT2D eigenvalue weighted by Gasteiger charge is 2.32. The van der Waals surface area contributed by atoms with Crippen molar-refractivity contribution < 1.29 is 17.9 Å². The third-order valence-electron chi connectivity index (χ3n) is 5.94. The Morgan fingerprint density at radius 2 is 1.65 bits per heavy atom. The Kier molecular flexibility index (Phi) is 11.3. The molecule has 0 radical (unpaired) electrons. The summed E-state index contributed by atoms with van der Waals surface area (Å²) in [6.07, 6.45) is 8.99. The van der Waals surface area contributed by atoms with Gasteiger partial charge in [0.05, 0.1) is 12.0 Å². The minimum absolute atomic E-state index is 0. The predicted octanol–water partition coefficient (Wildman–Crippen LogP) is 4.39. The molecule has 2 amide bonds. The van der Waals surface area contributed by atoms with Crippen LogP contribution in [0.1, 0.15) is 66.2 Å². The Morgan fingerprint density at radius 3 is 2.26 bits per heavy atom. The van der Waals surface area contributed by atoms with Crippen molar-refractivity contribution in [3.63, 3.8) is 0 Å². The number of urea groups is 1. The van der Waals surface area contributed by atoms with Gasteiger partial charge >= 0.3 is 6.03 Å². The number of ether oxygens (including phenoxy) is 1. The largest absolute Gasteiger partial charge is 0.497 e. The van der Waals surface area contributed by atoms with E-state index in [0.717, 1.165) is 19.3 Å². The molecule has 31 heavy (non-hydrogen) atoms. The van der Waals surface area contributed by atoms with Crippen molar-refractivity contribution in [2.75, 3.05) is 26.7 Å². The minimum atomic E-state index is -3.52. The Hall–Kier alpha value is -1.80. The Bertz CT molecular complexity index is 760. The molecule has 0 spiro atoms. The maximum absolute atomic E-state index is 12.8. The van der Waals surface area contributed by atoms with Crippen LogP contribution in [0.5, 0.6) is 5.75 Å². The van der Waals surface area contributed by atoms with Crippen LogP contribution in [0.4, 0.5) is 4.79 Å². The number of benzene rings is 1. The van der Waals surface area contributed by atoms with Gasteiger partial charge in [0.1, 0.15) is 5.75 Å². The monoisotopic (exact) mass is 455 g/mol. The molecule has 1 saturated carbocycles. The minimum Gasteiger partial charge on any atom is -0.497 e. The molecule has 1 atom stereocenters. The van der Waals surface area contributed by atoms with Crippen molar-refractivity contribution in [3.05, 3.63) is 24.3 Å². The molecule has 3 rings (SSSR count). The summed E-state index contributed by atoms with van der Waals surface area (Å²) >= 11 is 0. The lowest BCUT2D eigenvalue weighted by atomic mass is 9.97. The first-order chi connectivity index (χ1) is 14.0. The van der Waals surface area contributed by atoms with Crippen LogP contribution in [0.25, 0.3) is 0 Å². The average Bonchev–Trinajstić information content (AvgIpc) is 3.18. The van der Waals surface area contributed by atoms with Crippen LogP contribution in [0.3, 0.4) is 0 Å². The van der Waals surface area contributed by atoms with E-state index in [1.165, 1.54) is 36.4 Å². The maximum Gasteiger partial charge on any atom is 0.315 e. The molecule has 1 aliphatic heterocycles. The summed E-state index contributed by atoms with van der Waals surface area (Å²) < 4.78 is 32.3. The van der Waals surface area contributed by atoms with E-state index in [0.29, 0.717) is 25.4 Å². The van der Waals surface area contributed by atoms with Gasteiger partial charge < -0.3 is 15.4 Å². The maximum atomic E-state index is 12.8. The first-order valence-electron chi connectivity index (χ1n) is 10.7. The van der Waals surface area contributed by atoms with Crippen LogP contribution >= 0.6 is 0 Å². The number of carbonyl (C=O) groups is 1. The van der Waals surface area contributed by atoms with Crippen LogP contribution in [0.2, 0.25) is 0 Å². The summed E-state index contributed by atoms with van der Waals surface area (Å²) in [5.41, 5.74) is 0. The van der Waals surface area contributed by atoms with E-state index in [9.17, 15) is 13.2 Å². The second kappa shape index (κ2) is 12.9.